The Morgan fingerprint density at radius 2 is 1.60 bits per heavy atom. The number of ether oxygens (including phenoxy) is 2. The number of nitrogens with one attached hydrogen (secondary N) is 1. The Balaban J connectivity index is 1.33. The minimum atomic E-state index is -0.860. The fraction of sp³-hybridized carbons (Fsp3) is 0.423. The number of benzene rings is 2. The Morgan fingerprint density at radius 1 is 1.00 bits per heavy atom. The van der Waals surface area contributed by atoms with Gasteiger partial charge in [0.2, 0.25) is 5.91 Å². The van der Waals surface area contributed by atoms with Gasteiger partial charge < -0.3 is 24.8 Å². The highest BCUT2D eigenvalue weighted by atomic mass is 16.5. The molecular formula is C26H31N3O6. The van der Waals surface area contributed by atoms with Crippen molar-refractivity contribution in [2.45, 2.75) is 18.4 Å². The van der Waals surface area contributed by atoms with Crippen molar-refractivity contribution in [1.82, 2.24) is 15.1 Å². The van der Waals surface area contributed by atoms with Gasteiger partial charge in [0.05, 0.1) is 13.0 Å². The van der Waals surface area contributed by atoms with Gasteiger partial charge in [-0.25, -0.2) is 4.79 Å². The molecule has 186 valence electrons. The summed E-state index contributed by atoms with van der Waals surface area (Å²) in [6, 6.07) is 15.3. The predicted molar refractivity (Wildman–Crippen MR) is 129 cm³/mol. The Morgan fingerprint density at radius 3 is 2.17 bits per heavy atom. The van der Waals surface area contributed by atoms with Crippen molar-refractivity contribution in [1.29, 1.82) is 0 Å². The van der Waals surface area contributed by atoms with Gasteiger partial charge in [-0.3, -0.25) is 14.5 Å². The maximum atomic E-state index is 13.0. The quantitative estimate of drug-likeness (QED) is 0.565. The molecule has 2 aromatic carbocycles. The number of carbonyl (C=O) groups is 3. The molecule has 2 aliphatic rings. The Kier molecular flexibility index (Phi) is 7.99. The number of carboxylic acids is 1. The molecule has 4 rings (SSSR count). The topological polar surface area (TPSA) is 108 Å². The molecule has 9 nitrogen and oxygen atoms in total. The molecule has 2 amide bonds. The molecule has 0 radical (unpaired) electrons. The zero-order valence-electron chi connectivity index (χ0n) is 19.8. The standard InChI is InChI=1S/C26H31N3O6/c1-34-17-23(25(32)29-14-12-28(13-15-29)11-10-24(30)31)27-26(33)35-16-22-20-8-4-2-6-18(20)19-7-3-5-9-21(19)22/h2-9,22-23H,10-17H2,1H3,(H,27,33)(H,30,31). The number of amides is 2. The molecule has 1 atom stereocenters. The van der Waals surface area contributed by atoms with E-state index in [0.29, 0.717) is 32.7 Å². The van der Waals surface area contributed by atoms with Crippen LogP contribution in [-0.4, -0.2) is 92.0 Å². The summed E-state index contributed by atoms with van der Waals surface area (Å²) in [4.78, 5) is 40.2. The third kappa shape index (κ3) is 5.80. The number of nitrogens with zero attached hydrogens (tertiary/aromatic N) is 2. The van der Waals surface area contributed by atoms with Crippen LogP contribution in [0.5, 0.6) is 0 Å². The van der Waals surface area contributed by atoms with Crippen LogP contribution in [0.3, 0.4) is 0 Å². The third-order valence-corrected chi connectivity index (χ3v) is 6.59. The van der Waals surface area contributed by atoms with Gasteiger partial charge in [0, 0.05) is 45.8 Å². The highest BCUT2D eigenvalue weighted by molar-refractivity contribution is 5.86. The van der Waals surface area contributed by atoms with E-state index in [1.807, 2.05) is 29.2 Å². The van der Waals surface area contributed by atoms with Gasteiger partial charge in [-0.05, 0) is 22.3 Å². The lowest BCUT2D eigenvalue weighted by Crippen LogP contribution is -2.56. The maximum Gasteiger partial charge on any atom is 0.407 e. The maximum absolute atomic E-state index is 13.0. The van der Waals surface area contributed by atoms with E-state index in [9.17, 15) is 14.4 Å². The second kappa shape index (κ2) is 11.3. The number of hydrogen-bond acceptors (Lipinski definition) is 6. The van der Waals surface area contributed by atoms with Crippen molar-refractivity contribution >= 4 is 18.0 Å². The molecule has 9 heteroatoms. The van der Waals surface area contributed by atoms with Crippen LogP contribution in [0.1, 0.15) is 23.5 Å². The molecule has 0 spiro atoms. The van der Waals surface area contributed by atoms with Crippen molar-refractivity contribution in [3.8, 4) is 11.1 Å². The lowest BCUT2D eigenvalue weighted by Gasteiger charge is -2.36. The summed E-state index contributed by atoms with van der Waals surface area (Å²) < 4.78 is 10.8. The van der Waals surface area contributed by atoms with Crippen LogP contribution in [0.15, 0.2) is 48.5 Å². The Hall–Kier alpha value is -3.43. The zero-order chi connectivity index (χ0) is 24.8. The second-order valence-corrected chi connectivity index (χ2v) is 8.79. The van der Waals surface area contributed by atoms with Gasteiger partial charge in [0.25, 0.3) is 0 Å². The number of alkyl carbamates (subject to hydrolysis) is 1. The number of carboxylic acid groups (broad SMARTS) is 1. The van der Waals surface area contributed by atoms with Gasteiger partial charge in [-0.1, -0.05) is 48.5 Å². The molecule has 35 heavy (non-hydrogen) atoms. The minimum Gasteiger partial charge on any atom is -0.481 e. The van der Waals surface area contributed by atoms with Gasteiger partial charge in [0.15, 0.2) is 0 Å². The van der Waals surface area contributed by atoms with E-state index in [2.05, 4.69) is 29.6 Å². The van der Waals surface area contributed by atoms with Crippen LogP contribution in [-0.2, 0) is 19.1 Å². The summed E-state index contributed by atoms with van der Waals surface area (Å²) in [5, 5.41) is 11.5. The van der Waals surface area contributed by atoms with Crippen LogP contribution in [0.4, 0.5) is 4.79 Å². The van der Waals surface area contributed by atoms with Crippen LogP contribution in [0, 0.1) is 0 Å². The average Bonchev–Trinajstić information content (AvgIpc) is 3.19. The zero-order valence-corrected chi connectivity index (χ0v) is 19.8. The summed E-state index contributed by atoms with van der Waals surface area (Å²) in [5.41, 5.74) is 4.53. The summed E-state index contributed by atoms with van der Waals surface area (Å²) in [5.74, 6) is -1.14. The molecule has 0 saturated carbocycles. The number of hydrogen-bond donors (Lipinski definition) is 2. The number of fused-ring (bicyclic) bond motifs is 3. The highest BCUT2D eigenvalue weighted by Gasteiger charge is 2.31. The van der Waals surface area contributed by atoms with Gasteiger partial charge >= 0.3 is 12.1 Å². The predicted octanol–water partition coefficient (Wildman–Crippen LogP) is 2.16. The summed E-state index contributed by atoms with van der Waals surface area (Å²) in [6.45, 7) is 2.75. The monoisotopic (exact) mass is 481 g/mol. The summed E-state index contributed by atoms with van der Waals surface area (Å²) in [7, 11) is 1.48. The number of methoxy groups -OCH3 is 1. The minimum absolute atomic E-state index is 0.0300. The third-order valence-electron chi connectivity index (χ3n) is 6.59. The van der Waals surface area contributed by atoms with Gasteiger partial charge in [-0.2, -0.15) is 0 Å². The molecule has 0 aromatic heterocycles. The van der Waals surface area contributed by atoms with Crippen molar-refractivity contribution in [3.05, 3.63) is 59.7 Å². The van der Waals surface area contributed by atoms with E-state index < -0.39 is 18.1 Å². The molecule has 1 saturated heterocycles. The molecule has 0 bridgehead atoms. The molecule has 1 aliphatic carbocycles. The second-order valence-electron chi connectivity index (χ2n) is 8.79. The molecule has 1 fully saturated rings. The summed E-state index contributed by atoms with van der Waals surface area (Å²) in [6.07, 6.45) is -0.591. The largest absolute Gasteiger partial charge is 0.481 e. The van der Waals surface area contributed by atoms with Crippen molar-refractivity contribution in [2.75, 3.05) is 53.0 Å². The molecular weight excluding hydrogens is 450 g/mol. The molecule has 1 aliphatic heterocycles. The van der Waals surface area contributed by atoms with Crippen LogP contribution >= 0.6 is 0 Å². The molecule has 1 unspecified atom stereocenters. The number of piperazine rings is 1. The number of rotatable bonds is 9. The van der Waals surface area contributed by atoms with E-state index in [4.69, 9.17) is 14.6 Å². The Labute approximate surface area is 204 Å². The molecule has 1 heterocycles. The van der Waals surface area contributed by atoms with Crippen molar-refractivity contribution < 1.29 is 29.0 Å². The first-order valence-electron chi connectivity index (χ1n) is 11.8. The van der Waals surface area contributed by atoms with Crippen molar-refractivity contribution in [2.24, 2.45) is 0 Å². The van der Waals surface area contributed by atoms with E-state index >= 15 is 0 Å². The van der Waals surface area contributed by atoms with Crippen LogP contribution < -0.4 is 5.32 Å². The van der Waals surface area contributed by atoms with Gasteiger partial charge in [0.1, 0.15) is 12.6 Å². The van der Waals surface area contributed by atoms with E-state index in [1.54, 1.807) is 4.90 Å². The van der Waals surface area contributed by atoms with Gasteiger partial charge in [-0.15, -0.1) is 0 Å². The van der Waals surface area contributed by atoms with E-state index in [0.717, 1.165) is 22.3 Å². The average molecular weight is 482 g/mol. The smallest absolute Gasteiger partial charge is 0.407 e. The van der Waals surface area contributed by atoms with E-state index in [-0.39, 0.29) is 31.5 Å². The highest BCUT2D eigenvalue weighted by Crippen LogP contribution is 2.44. The fourth-order valence-corrected chi connectivity index (χ4v) is 4.79. The first-order chi connectivity index (χ1) is 17.0. The number of aliphatic carboxylic acids is 1. The lowest BCUT2D eigenvalue weighted by atomic mass is 9.98. The SMILES string of the molecule is COCC(NC(=O)OCC1c2ccccc2-c2ccccc21)C(=O)N1CCN(CCC(=O)O)CC1. The van der Waals surface area contributed by atoms with Crippen LogP contribution in [0.2, 0.25) is 0 Å². The number of carbonyl (C=O) groups excluding carboxylic acids is 2. The summed E-state index contributed by atoms with van der Waals surface area (Å²) >= 11 is 0. The lowest BCUT2D eigenvalue weighted by molar-refractivity contribution is -0.139. The van der Waals surface area contributed by atoms with Crippen molar-refractivity contribution in [3.63, 3.8) is 0 Å². The first kappa shape index (κ1) is 24.7. The van der Waals surface area contributed by atoms with E-state index in [1.165, 1.54) is 7.11 Å². The normalized spacial score (nSPS) is 16.3. The van der Waals surface area contributed by atoms with Crippen LogP contribution in [0.25, 0.3) is 11.1 Å². The fourth-order valence-electron chi connectivity index (χ4n) is 4.79. The molecule has 2 N–H and O–H groups in total. The molecule has 2 aromatic rings. The Bertz CT molecular complexity index is 1020. The first-order valence-corrected chi connectivity index (χ1v) is 11.8.